The third kappa shape index (κ3) is 4.30. The Morgan fingerprint density at radius 2 is 1.92 bits per heavy atom. The summed E-state index contributed by atoms with van der Waals surface area (Å²) in [5, 5.41) is 3.12. The monoisotopic (exact) mass is 514 g/mol. The number of fused-ring (bicyclic) bond motifs is 2. The second-order valence-corrected chi connectivity index (χ2v) is 9.67. The van der Waals surface area contributed by atoms with E-state index in [0.717, 1.165) is 6.07 Å². The summed E-state index contributed by atoms with van der Waals surface area (Å²) in [4.78, 5) is 31.2. The van der Waals surface area contributed by atoms with E-state index in [2.05, 4.69) is 20.2 Å². The predicted octanol–water partition coefficient (Wildman–Crippen LogP) is 4.63. The number of anilines is 2. The number of likely N-dealkylation sites (N-methyl/N-ethyl adjacent to an activating group) is 1. The Hall–Kier alpha value is -3.60. The molecule has 5 rings (SSSR count). The quantitative estimate of drug-likeness (QED) is 0.512. The normalized spacial score (nSPS) is 20.8. The number of nitrogens with zero attached hydrogens (tertiary/aromatic N) is 5. The molecular weight excluding hydrogens is 488 g/mol. The molecule has 3 aromatic rings. The molecular formula is C26H26F4N6O. The molecule has 1 spiro atoms. The second kappa shape index (κ2) is 9.05. The molecule has 1 N–H and O–H groups in total. The van der Waals surface area contributed by atoms with E-state index in [1.54, 1.807) is 43.1 Å². The van der Waals surface area contributed by atoms with E-state index in [9.17, 15) is 22.4 Å². The Labute approximate surface area is 211 Å². The van der Waals surface area contributed by atoms with Crippen molar-refractivity contribution in [2.75, 3.05) is 30.4 Å². The van der Waals surface area contributed by atoms with Crippen LogP contribution in [0.15, 0.2) is 42.6 Å². The lowest BCUT2D eigenvalue weighted by molar-refractivity contribution is -0.140. The molecule has 1 saturated heterocycles. The minimum absolute atomic E-state index is 0.107. The van der Waals surface area contributed by atoms with Gasteiger partial charge in [-0.15, -0.1) is 0 Å². The van der Waals surface area contributed by atoms with Crippen molar-refractivity contribution in [2.24, 2.45) is 0 Å². The van der Waals surface area contributed by atoms with E-state index < -0.39 is 29.0 Å². The summed E-state index contributed by atoms with van der Waals surface area (Å²) in [7, 11) is 1.94. The van der Waals surface area contributed by atoms with Crippen LogP contribution in [0.4, 0.5) is 29.2 Å². The van der Waals surface area contributed by atoms with Crippen LogP contribution in [0.1, 0.15) is 47.6 Å². The Bertz CT molecular complexity index is 1350. The zero-order valence-corrected chi connectivity index (χ0v) is 20.6. The standard InChI is InChI=1S/C26H26F4N6O/c1-15(17-7-6-8-19(21(17)27)26(28,29)30)32-23-18-13-36(20-9-4-5-11-31-20)24(37)25(10-12-35(3)14-25)22(18)33-16(2)34-23/h4-9,11,15H,10,12-14H2,1-3H3,(H,32,33,34)/t15-,25?/m1/s1. The summed E-state index contributed by atoms with van der Waals surface area (Å²) in [5.41, 5.74) is -1.14. The number of nitrogens with one attached hydrogen (secondary N) is 1. The molecule has 1 unspecified atom stereocenters. The maximum Gasteiger partial charge on any atom is 0.419 e. The van der Waals surface area contributed by atoms with Crippen LogP contribution in [0.5, 0.6) is 0 Å². The van der Waals surface area contributed by atoms with Crippen LogP contribution < -0.4 is 10.2 Å². The fraction of sp³-hybridized carbons (Fsp3) is 0.385. The highest BCUT2D eigenvalue weighted by molar-refractivity contribution is 6.03. The van der Waals surface area contributed by atoms with Gasteiger partial charge < -0.3 is 10.2 Å². The van der Waals surface area contributed by atoms with Crippen LogP contribution in [-0.2, 0) is 22.9 Å². The highest BCUT2D eigenvalue weighted by Gasteiger charge is 2.53. The van der Waals surface area contributed by atoms with E-state index in [1.165, 1.54) is 12.1 Å². The van der Waals surface area contributed by atoms with Gasteiger partial charge in [0.25, 0.3) is 0 Å². The average molecular weight is 515 g/mol. The highest BCUT2D eigenvalue weighted by Crippen LogP contribution is 2.44. The molecule has 37 heavy (non-hydrogen) atoms. The zero-order chi connectivity index (χ0) is 26.5. The molecule has 2 aromatic heterocycles. The summed E-state index contributed by atoms with van der Waals surface area (Å²) in [6.07, 6.45) is -2.66. The Morgan fingerprint density at radius 3 is 2.57 bits per heavy atom. The van der Waals surface area contributed by atoms with Crippen LogP contribution in [0.2, 0.25) is 0 Å². The Balaban J connectivity index is 1.60. The van der Waals surface area contributed by atoms with E-state index in [-0.39, 0.29) is 18.0 Å². The number of amides is 1. The van der Waals surface area contributed by atoms with Crippen LogP contribution in [0, 0.1) is 12.7 Å². The van der Waals surface area contributed by atoms with Gasteiger partial charge in [-0.1, -0.05) is 18.2 Å². The molecule has 1 aromatic carbocycles. The largest absolute Gasteiger partial charge is 0.419 e. The number of alkyl halides is 3. The number of halogens is 4. The van der Waals surface area contributed by atoms with E-state index in [1.807, 2.05) is 7.05 Å². The van der Waals surface area contributed by atoms with Crippen molar-refractivity contribution in [1.29, 1.82) is 0 Å². The SMILES string of the molecule is Cc1nc(N[C@H](C)c2cccc(C(F)(F)F)c2F)c2c(n1)C1(CCN(C)C1)C(=O)N(c1ccccn1)C2. The third-order valence-electron chi connectivity index (χ3n) is 7.08. The first-order chi connectivity index (χ1) is 17.5. The maximum absolute atomic E-state index is 14.9. The first-order valence-corrected chi connectivity index (χ1v) is 11.9. The van der Waals surface area contributed by atoms with Gasteiger partial charge in [0.05, 0.1) is 23.8 Å². The molecule has 2 aliphatic heterocycles. The van der Waals surface area contributed by atoms with Gasteiger partial charge in [-0.25, -0.2) is 19.3 Å². The molecule has 0 bridgehead atoms. The fourth-order valence-corrected chi connectivity index (χ4v) is 5.30. The molecule has 7 nitrogen and oxygen atoms in total. The van der Waals surface area contributed by atoms with E-state index in [0.29, 0.717) is 48.2 Å². The van der Waals surface area contributed by atoms with E-state index >= 15 is 0 Å². The molecule has 0 aliphatic carbocycles. The molecule has 2 atom stereocenters. The Kier molecular flexibility index (Phi) is 6.13. The summed E-state index contributed by atoms with van der Waals surface area (Å²) >= 11 is 0. The van der Waals surface area contributed by atoms with Gasteiger partial charge in [-0.3, -0.25) is 9.69 Å². The van der Waals surface area contributed by atoms with Crippen molar-refractivity contribution in [3.63, 3.8) is 0 Å². The fourth-order valence-electron chi connectivity index (χ4n) is 5.30. The lowest BCUT2D eigenvalue weighted by atomic mass is 9.76. The number of benzene rings is 1. The number of rotatable bonds is 4. The van der Waals surface area contributed by atoms with Gasteiger partial charge in [0.2, 0.25) is 5.91 Å². The molecule has 11 heteroatoms. The molecule has 1 amide bonds. The number of hydrogen-bond donors (Lipinski definition) is 1. The van der Waals surface area contributed by atoms with Gasteiger partial charge >= 0.3 is 6.18 Å². The van der Waals surface area contributed by atoms with Crippen molar-refractivity contribution < 1.29 is 22.4 Å². The van der Waals surface area contributed by atoms with Gasteiger partial charge in [0.15, 0.2) is 0 Å². The molecule has 1 fully saturated rings. The van der Waals surface area contributed by atoms with Crippen LogP contribution >= 0.6 is 0 Å². The number of pyridine rings is 1. The van der Waals surface area contributed by atoms with Crippen LogP contribution in [0.25, 0.3) is 0 Å². The highest BCUT2D eigenvalue weighted by atomic mass is 19.4. The number of carbonyl (C=O) groups excluding carboxylic acids is 1. The molecule has 4 heterocycles. The van der Waals surface area contributed by atoms with Gasteiger partial charge in [-0.2, -0.15) is 13.2 Å². The minimum Gasteiger partial charge on any atom is -0.363 e. The predicted molar refractivity (Wildman–Crippen MR) is 129 cm³/mol. The first kappa shape index (κ1) is 25.1. The number of hydrogen-bond acceptors (Lipinski definition) is 6. The van der Waals surface area contributed by atoms with Crippen molar-refractivity contribution in [3.8, 4) is 0 Å². The van der Waals surface area contributed by atoms with Crippen molar-refractivity contribution in [1.82, 2.24) is 19.9 Å². The third-order valence-corrected chi connectivity index (χ3v) is 7.08. The van der Waals surface area contributed by atoms with Crippen LogP contribution in [-0.4, -0.2) is 45.9 Å². The first-order valence-electron chi connectivity index (χ1n) is 11.9. The van der Waals surface area contributed by atoms with E-state index in [4.69, 9.17) is 4.98 Å². The lowest BCUT2D eigenvalue weighted by Crippen LogP contribution is -2.53. The lowest BCUT2D eigenvalue weighted by Gasteiger charge is -2.40. The number of aromatic nitrogens is 3. The summed E-state index contributed by atoms with van der Waals surface area (Å²) < 4.78 is 54.8. The maximum atomic E-state index is 14.9. The zero-order valence-electron chi connectivity index (χ0n) is 20.6. The second-order valence-electron chi connectivity index (χ2n) is 9.67. The van der Waals surface area contributed by atoms with Gasteiger partial charge in [-0.05, 0) is 52.1 Å². The summed E-state index contributed by atoms with van der Waals surface area (Å²) in [5.74, 6) is -0.186. The topological polar surface area (TPSA) is 74.2 Å². The number of carbonyl (C=O) groups is 1. The van der Waals surface area contributed by atoms with Crippen molar-refractivity contribution in [3.05, 3.63) is 76.6 Å². The van der Waals surface area contributed by atoms with Crippen LogP contribution in [0.3, 0.4) is 0 Å². The molecule has 194 valence electrons. The summed E-state index contributed by atoms with van der Waals surface area (Å²) in [6.45, 7) is 4.54. The number of likely N-dealkylation sites (tertiary alicyclic amines) is 1. The Morgan fingerprint density at radius 1 is 1.14 bits per heavy atom. The van der Waals surface area contributed by atoms with Gasteiger partial charge in [0.1, 0.15) is 28.7 Å². The number of aryl methyl sites for hydroxylation is 1. The molecule has 0 saturated carbocycles. The van der Waals surface area contributed by atoms with Gasteiger partial charge in [0, 0.05) is 23.9 Å². The molecule has 0 radical (unpaired) electrons. The smallest absolute Gasteiger partial charge is 0.363 e. The molecule has 2 aliphatic rings. The summed E-state index contributed by atoms with van der Waals surface area (Å²) in [6, 6.07) is 7.68. The van der Waals surface area contributed by atoms with Crippen molar-refractivity contribution in [2.45, 2.75) is 44.4 Å². The average Bonchev–Trinajstić information content (AvgIpc) is 3.24. The van der Waals surface area contributed by atoms with Crippen molar-refractivity contribution >= 4 is 17.5 Å². The minimum atomic E-state index is -4.81.